The average Bonchev–Trinajstić information content (AvgIpc) is 2.68. The molecule has 0 radical (unpaired) electrons. The van der Waals surface area contributed by atoms with Gasteiger partial charge in [0.15, 0.2) is 0 Å². The number of hydrogen-bond acceptors (Lipinski definition) is 3. The van der Waals surface area contributed by atoms with Gasteiger partial charge in [0.25, 0.3) is 5.91 Å². The Balaban J connectivity index is 2.17. The van der Waals surface area contributed by atoms with Gasteiger partial charge in [-0.2, -0.15) is 0 Å². The molecule has 98 valence electrons. The fourth-order valence-corrected chi connectivity index (χ4v) is 2.48. The molecule has 4 nitrogen and oxygen atoms in total. The van der Waals surface area contributed by atoms with Crippen molar-refractivity contribution in [3.05, 3.63) is 22.8 Å². The molecule has 2 heterocycles. The van der Waals surface area contributed by atoms with Crippen LogP contribution in [-0.2, 0) is 0 Å². The Morgan fingerprint density at radius 3 is 2.56 bits per heavy atom. The topological polar surface area (TPSA) is 45.2 Å². The van der Waals surface area contributed by atoms with Crippen molar-refractivity contribution < 1.29 is 4.79 Å². The van der Waals surface area contributed by atoms with Crippen LogP contribution in [0.2, 0.25) is 5.02 Å². The minimum atomic E-state index is 0.0169. The first-order valence-electron chi connectivity index (χ1n) is 6.15. The van der Waals surface area contributed by atoms with E-state index in [0.717, 1.165) is 13.1 Å². The lowest BCUT2D eigenvalue weighted by Gasteiger charge is -2.16. The number of amides is 1. The molecule has 18 heavy (non-hydrogen) atoms. The van der Waals surface area contributed by atoms with Crippen LogP contribution in [0, 0.1) is 11.8 Å². The summed E-state index contributed by atoms with van der Waals surface area (Å²) in [6.45, 7) is 5.97. The lowest BCUT2D eigenvalue weighted by atomic mass is 10.0. The van der Waals surface area contributed by atoms with Crippen molar-refractivity contribution in [2.24, 2.45) is 11.8 Å². The van der Waals surface area contributed by atoms with Crippen molar-refractivity contribution in [2.45, 2.75) is 13.8 Å². The van der Waals surface area contributed by atoms with Crippen LogP contribution in [0.3, 0.4) is 0 Å². The number of hydrogen-bond donors (Lipinski definition) is 1. The smallest absolute Gasteiger partial charge is 0.255 e. The Bertz CT molecular complexity index is 454. The predicted octanol–water partition coefficient (Wildman–Crippen LogP) is 2.50. The highest BCUT2D eigenvalue weighted by atomic mass is 35.5. The molecule has 0 saturated carbocycles. The SMILES string of the molecule is CNc1ncc(C(=O)N2CC(C)C(C)C2)cc1Cl. The van der Waals surface area contributed by atoms with Gasteiger partial charge in [-0.15, -0.1) is 0 Å². The van der Waals surface area contributed by atoms with Gasteiger partial charge in [-0.1, -0.05) is 25.4 Å². The van der Waals surface area contributed by atoms with Gasteiger partial charge in [-0.25, -0.2) is 4.98 Å². The quantitative estimate of drug-likeness (QED) is 0.896. The third-order valence-electron chi connectivity index (χ3n) is 3.60. The molecule has 2 rings (SSSR count). The van der Waals surface area contributed by atoms with Crippen LogP contribution >= 0.6 is 11.6 Å². The molecule has 1 aliphatic rings. The number of nitrogens with zero attached hydrogens (tertiary/aromatic N) is 2. The summed E-state index contributed by atoms with van der Waals surface area (Å²) in [4.78, 5) is 18.3. The second-order valence-electron chi connectivity index (χ2n) is 4.97. The van der Waals surface area contributed by atoms with Gasteiger partial charge in [-0.05, 0) is 17.9 Å². The Morgan fingerprint density at radius 1 is 1.44 bits per heavy atom. The molecular formula is C13H18ClN3O. The molecule has 1 aliphatic heterocycles. The van der Waals surface area contributed by atoms with E-state index in [0.29, 0.717) is 28.2 Å². The third-order valence-corrected chi connectivity index (χ3v) is 3.89. The van der Waals surface area contributed by atoms with Crippen LogP contribution in [0.5, 0.6) is 0 Å². The van der Waals surface area contributed by atoms with Crippen molar-refractivity contribution in [3.63, 3.8) is 0 Å². The maximum atomic E-state index is 12.3. The van der Waals surface area contributed by atoms with Crippen LogP contribution in [0.4, 0.5) is 5.82 Å². The summed E-state index contributed by atoms with van der Waals surface area (Å²) in [5, 5.41) is 3.35. The lowest BCUT2D eigenvalue weighted by molar-refractivity contribution is 0.0784. The molecule has 1 saturated heterocycles. The first-order valence-corrected chi connectivity index (χ1v) is 6.53. The molecule has 1 aromatic heterocycles. The van der Waals surface area contributed by atoms with Gasteiger partial charge in [-0.3, -0.25) is 4.79 Å². The highest BCUT2D eigenvalue weighted by Gasteiger charge is 2.30. The van der Waals surface area contributed by atoms with E-state index in [1.165, 1.54) is 0 Å². The summed E-state index contributed by atoms with van der Waals surface area (Å²) in [5.74, 6) is 1.71. The Morgan fingerprint density at radius 2 is 2.06 bits per heavy atom. The number of nitrogens with one attached hydrogen (secondary N) is 1. The maximum absolute atomic E-state index is 12.3. The normalized spacial score (nSPS) is 23.2. The fourth-order valence-electron chi connectivity index (χ4n) is 2.22. The zero-order valence-electron chi connectivity index (χ0n) is 10.9. The first-order chi connectivity index (χ1) is 8.52. The van der Waals surface area contributed by atoms with Crippen molar-refractivity contribution >= 4 is 23.3 Å². The van der Waals surface area contributed by atoms with Crippen molar-refractivity contribution in [1.82, 2.24) is 9.88 Å². The van der Waals surface area contributed by atoms with Crippen molar-refractivity contribution in [2.75, 3.05) is 25.5 Å². The summed E-state index contributed by atoms with van der Waals surface area (Å²) in [6.07, 6.45) is 1.58. The Hall–Kier alpha value is -1.29. The van der Waals surface area contributed by atoms with E-state index in [2.05, 4.69) is 24.1 Å². The van der Waals surface area contributed by atoms with Gasteiger partial charge >= 0.3 is 0 Å². The van der Waals surface area contributed by atoms with Gasteiger partial charge in [0.1, 0.15) is 5.82 Å². The number of carbonyl (C=O) groups is 1. The second kappa shape index (κ2) is 5.14. The standard InChI is InChI=1S/C13H18ClN3O/c1-8-6-17(7-9(8)2)13(18)10-4-11(14)12(15-3)16-5-10/h4-5,8-9H,6-7H2,1-3H3,(H,15,16). The number of likely N-dealkylation sites (tertiary alicyclic amines) is 1. The third kappa shape index (κ3) is 2.43. The molecule has 0 aromatic carbocycles. The van der Waals surface area contributed by atoms with E-state index in [-0.39, 0.29) is 5.91 Å². The Labute approximate surface area is 112 Å². The molecule has 0 spiro atoms. The zero-order chi connectivity index (χ0) is 13.3. The summed E-state index contributed by atoms with van der Waals surface area (Å²) < 4.78 is 0. The number of anilines is 1. The molecular weight excluding hydrogens is 250 g/mol. The molecule has 5 heteroatoms. The first kappa shape index (κ1) is 13.1. The van der Waals surface area contributed by atoms with Crippen LogP contribution in [0.15, 0.2) is 12.3 Å². The molecule has 1 amide bonds. The Kier molecular flexibility index (Phi) is 3.76. The zero-order valence-corrected chi connectivity index (χ0v) is 11.7. The molecule has 1 aromatic rings. The summed E-state index contributed by atoms with van der Waals surface area (Å²) in [6, 6.07) is 1.68. The largest absolute Gasteiger partial charge is 0.372 e. The number of rotatable bonds is 2. The van der Waals surface area contributed by atoms with Gasteiger partial charge < -0.3 is 10.2 Å². The number of aromatic nitrogens is 1. The molecule has 2 unspecified atom stereocenters. The van der Waals surface area contributed by atoms with Gasteiger partial charge in [0.2, 0.25) is 0 Å². The minimum absolute atomic E-state index is 0.0169. The molecule has 0 bridgehead atoms. The molecule has 1 fully saturated rings. The second-order valence-corrected chi connectivity index (χ2v) is 5.38. The van der Waals surface area contributed by atoms with Crippen LogP contribution in [0.1, 0.15) is 24.2 Å². The van der Waals surface area contributed by atoms with E-state index < -0.39 is 0 Å². The van der Waals surface area contributed by atoms with E-state index in [9.17, 15) is 4.79 Å². The van der Waals surface area contributed by atoms with Crippen LogP contribution in [0.25, 0.3) is 0 Å². The van der Waals surface area contributed by atoms with E-state index in [1.54, 1.807) is 19.3 Å². The summed E-state index contributed by atoms with van der Waals surface area (Å²) in [5.41, 5.74) is 0.556. The number of halogens is 1. The van der Waals surface area contributed by atoms with Crippen molar-refractivity contribution in [1.29, 1.82) is 0 Å². The summed E-state index contributed by atoms with van der Waals surface area (Å²) >= 11 is 6.04. The predicted molar refractivity (Wildman–Crippen MR) is 73.0 cm³/mol. The summed E-state index contributed by atoms with van der Waals surface area (Å²) in [7, 11) is 1.75. The highest BCUT2D eigenvalue weighted by molar-refractivity contribution is 6.33. The average molecular weight is 268 g/mol. The minimum Gasteiger partial charge on any atom is -0.372 e. The maximum Gasteiger partial charge on any atom is 0.255 e. The molecule has 0 aliphatic carbocycles. The monoisotopic (exact) mass is 267 g/mol. The molecule has 1 N–H and O–H groups in total. The molecule has 2 atom stereocenters. The fraction of sp³-hybridized carbons (Fsp3) is 0.538. The van der Waals surface area contributed by atoms with Crippen molar-refractivity contribution in [3.8, 4) is 0 Å². The van der Waals surface area contributed by atoms with E-state index in [4.69, 9.17) is 11.6 Å². The van der Waals surface area contributed by atoms with Gasteiger partial charge in [0.05, 0.1) is 10.6 Å². The van der Waals surface area contributed by atoms with E-state index in [1.807, 2.05) is 4.90 Å². The van der Waals surface area contributed by atoms with Crippen LogP contribution in [-0.4, -0.2) is 35.9 Å². The highest BCUT2D eigenvalue weighted by Crippen LogP contribution is 2.25. The van der Waals surface area contributed by atoms with Gasteiger partial charge in [0, 0.05) is 26.3 Å². The van der Waals surface area contributed by atoms with Crippen LogP contribution < -0.4 is 5.32 Å². The number of pyridine rings is 1. The number of carbonyl (C=O) groups excluding carboxylic acids is 1. The van der Waals surface area contributed by atoms with E-state index >= 15 is 0 Å². The lowest BCUT2D eigenvalue weighted by Crippen LogP contribution is -2.29.